The third-order valence-corrected chi connectivity index (χ3v) is 1.23. The second-order valence-corrected chi connectivity index (χ2v) is 2.23. The number of aliphatic hydroxyl groups is 1. The van der Waals surface area contributed by atoms with Gasteiger partial charge >= 0.3 is 0 Å². The van der Waals surface area contributed by atoms with Crippen LogP contribution in [0.25, 0.3) is 0 Å². The lowest BCUT2D eigenvalue weighted by atomic mass is 10.6. The molecule has 1 rings (SSSR count). The average Bonchev–Trinajstić information content (AvgIpc) is 2.36. The number of hydrogen-bond donors (Lipinski definition) is 4. The predicted octanol–water partition coefficient (Wildman–Crippen LogP) is -0.819. The van der Waals surface area contributed by atoms with Crippen LogP contribution in [-0.4, -0.2) is 27.5 Å². The van der Waals surface area contributed by atoms with E-state index in [-0.39, 0.29) is 12.6 Å². The molecule has 0 atom stereocenters. The standard InChI is InChI=1S/C6H11N5O/c7-6(8)9-5-1-2-11(10-5)3-4-12/h1-2,12H,3-4H2,(H4,7,8,9,10). The molecule has 0 fully saturated rings. The molecule has 0 radical (unpaired) electrons. The molecule has 66 valence electrons. The maximum absolute atomic E-state index is 8.56. The van der Waals surface area contributed by atoms with Crippen molar-refractivity contribution in [3.63, 3.8) is 0 Å². The van der Waals surface area contributed by atoms with Crippen molar-refractivity contribution in [2.75, 3.05) is 11.9 Å². The van der Waals surface area contributed by atoms with Crippen molar-refractivity contribution in [2.45, 2.75) is 6.54 Å². The molecule has 0 saturated heterocycles. The maximum Gasteiger partial charge on any atom is 0.191 e. The zero-order valence-electron chi connectivity index (χ0n) is 6.49. The van der Waals surface area contributed by atoms with Crippen LogP contribution in [0.15, 0.2) is 12.3 Å². The fourth-order valence-electron chi connectivity index (χ4n) is 0.793. The van der Waals surface area contributed by atoms with E-state index in [1.54, 1.807) is 16.9 Å². The first-order chi connectivity index (χ1) is 5.72. The van der Waals surface area contributed by atoms with Crippen LogP contribution in [0, 0.1) is 5.41 Å². The molecule has 0 spiro atoms. The lowest BCUT2D eigenvalue weighted by Crippen LogP contribution is -2.20. The molecule has 0 amide bonds. The number of nitrogens with two attached hydrogens (primary N) is 1. The zero-order chi connectivity index (χ0) is 8.97. The quantitative estimate of drug-likeness (QED) is 0.351. The van der Waals surface area contributed by atoms with Crippen LogP contribution in [-0.2, 0) is 6.54 Å². The van der Waals surface area contributed by atoms with Gasteiger partial charge in [0, 0.05) is 12.3 Å². The Hall–Kier alpha value is -1.56. The van der Waals surface area contributed by atoms with Gasteiger partial charge in [0.2, 0.25) is 0 Å². The zero-order valence-corrected chi connectivity index (χ0v) is 6.49. The highest BCUT2D eigenvalue weighted by Gasteiger charge is 1.97. The normalized spacial score (nSPS) is 9.75. The van der Waals surface area contributed by atoms with Crippen LogP contribution in [0.1, 0.15) is 0 Å². The lowest BCUT2D eigenvalue weighted by Gasteiger charge is -1.98. The number of anilines is 1. The minimum atomic E-state index is -0.149. The molecule has 5 N–H and O–H groups in total. The van der Waals surface area contributed by atoms with E-state index in [0.717, 1.165) is 0 Å². The number of hydrogen-bond acceptors (Lipinski definition) is 3. The van der Waals surface area contributed by atoms with Crippen molar-refractivity contribution in [3.05, 3.63) is 12.3 Å². The first-order valence-electron chi connectivity index (χ1n) is 3.47. The number of nitrogens with zero attached hydrogens (tertiary/aromatic N) is 2. The van der Waals surface area contributed by atoms with Crippen LogP contribution >= 0.6 is 0 Å². The summed E-state index contributed by atoms with van der Waals surface area (Å²) in [4.78, 5) is 0. The third-order valence-electron chi connectivity index (χ3n) is 1.23. The number of nitrogens with one attached hydrogen (secondary N) is 2. The Balaban J connectivity index is 2.58. The van der Waals surface area contributed by atoms with Crippen molar-refractivity contribution in [3.8, 4) is 0 Å². The van der Waals surface area contributed by atoms with Gasteiger partial charge in [-0.15, -0.1) is 0 Å². The molecule has 0 saturated carbocycles. The maximum atomic E-state index is 8.56. The van der Waals surface area contributed by atoms with E-state index >= 15 is 0 Å². The Kier molecular flexibility index (Phi) is 2.65. The molecule has 12 heavy (non-hydrogen) atoms. The van der Waals surface area contributed by atoms with Crippen molar-refractivity contribution < 1.29 is 5.11 Å². The Bertz CT molecular complexity index is 269. The third kappa shape index (κ3) is 2.24. The average molecular weight is 169 g/mol. The molecule has 1 heterocycles. The second-order valence-electron chi connectivity index (χ2n) is 2.23. The second kappa shape index (κ2) is 3.72. The summed E-state index contributed by atoms with van der Waals surface area (Å²) in [5.74, 6) is 0.361. The van der Waals surface area contributed by atoms with E-state index in [9.17, 15) is 0 Å². The smallest absolute Gasteiger partial charge is 0.191 e. The summed E-state index contributed by atoms with van der Waals surface area (Å²) in [6, 6.07) is 1.68. The van der Waals surface area contributed by atoms with Crippen molar-refractivity contribution in [2.24, 2.45) is 5.73 Å². The van der Waals surface area contributed by atoms with E-state index in [1.165, 1.54) is 0 Å². The summed E-state index contributed by atoms with van der Waals surface area (Å²) in [7, 11) is 0. The molecule has 0 aliphatic heterocycles. The Morgan fingerprint density at radius 1 is 1.83 bits per heavy atom. The summed E-state index contributed by atoms with van der Waals surface area (Å²) < 4.78 is 1.56. The van der Waals surface area contributed by atoms with Gasteiger partial charge in [-0.2, -0.15) is 5.10 Å². The number of guanidine groups is 1. The molecule has 0 unspecified atom stereocenters. The molecular formula is C6H11N5O. The van der Waals surface area contributed by atoms with Gasteiger partial charge in [0.05, 0.1) is 13.2 Å². The van der Waals surface area contributed by atoms with Gasteiger partial charge in [-0.1, -0.05) is 0 Å². The Labute approximate surface area is 69.5 Å². The van der Waals surface area contributed by atoms with Crippen LogP contribution < -0.4 is 11.1 Å². The van der Waals surface area contributed by atoms with E-state index < -0.39 is 0 Å². The molecule has 0 bridgehead atoms. The van der Waals surface area contributed by atoms with E-state index in [0.29, 0.717) is 12.4 Å². The highest BCUT2D eigenvalue weighted by Crippen LogP contribution is 2.00. The summed E-state index contributed by atoms with van der Waals surface area (Å²) in [5, 5.41) is 22.0. The molecule has 1 aromatic rings. The van der Waals surface area contributed by atoms with Gasteiger partial charge in [0.1, 0.15) is 0 Å². The highest BCUT2D eigenvalue weighted by molar-refractivity contribution is 5.88. The Morgan fingerprint density at radius 2 is 2.58 bits per heavy atom. The predicted molar refractivity (Wildman–Crippen MR) is 44.8 cm³/mol. The summed E-state index contributed by atoms with van der Waals surface area (Å²) in [6.45, 7) is 0.487. The number of rotatable bonds is 3. The molecular weight excluding hydrogens is 158 g/mol. The topological polar surface area (TPSA) is 100.0 Å². The van der Waals surface area contributed by atoms with Crippen molar-refractivity contribution in [1.82, 2.24) is 9.78 Å². The minimum Gasteiger partial charge on any atom is -0.394 e. The summed E-state index contributed by atoms with van der Waals surface area (Å²) in [6.07, 6.45) is 1.70. The molecule has 0 aliphatic rings. The van der Waals surface area contributed by atoms with Crippen LogP contribution in [0.4, 0.5) is 5.82 Å². The first kappa shape index (κ1) is 8.54. The largest absolute Gasteiger partial charge is 0.394 e. The summed E-state index contributed by atoms with van der Waals surface area (Å²) in [5.41, 5.74) is 5.08. The van der Waals surface area contributed by atoms with E-state index in [2.05, 4.69) is 10.4 Å². The highest BCUT2D eigenvalue weighted by atomic mass is 16.3. The number of aliphatic hydroxyl groups excluding tert-OH is 1. The number of aromatic nitrogens is 2. The van der Waals surface area contributed by atoms with Crippen LogP contribution in [0.5, 0.6) is 0 Å². The summed E-state index contributed by atoms with van der Waals surface area (Å²) >= 11 is 0. The molecule has 6 heteroatoms. The Morgan fingerprint density at radius 3 is 3.17 bits per heavy atom. The molecule has 0 aromatic carbocycles. The van der Waals surface area contributed by atoms with Gasteiger partial charge in [-0.05, 0) is 0 Å². The van der Waals surface area contributed by atoms with Crippen molar-refractivity contribution in [1.29, 1.82) is 5.41 Å². The van der Waals surface area contributed by atoms with Crippen molar-refractivity contribution >= 4 is 11.8 Å². The lowest BCUT2D eigenvalue weighted by molar-refractivity contribution is 0.269. The van der Waals surface area contributed by atoms with Crippen LogP contribution in [0.2, 0.25) is 0 Å². The van der Waals surface area contributed by atoms with Gasteiger partial charge < -0.3 is 16.2 Å². The minimum absolute atomic E-state index is 0.0428. The van der Waals surface area contributed by atoms with E-state index in [1.807, 2.05) is 0 Å². The van der Waals surface area contributed by atoms with Gasteiger partial charge in [-0.25, -0.2) is 0 Å². The van der Waals surface area contributed by atoms with Gasteiger partial charge in [-0.3, -0.25) is 10.1 Å². The SMILES string of the molecule is N=C(N)Nc1ccn(CCO)n1. The molecule has 0 aliphatic carbocycles. The van der Waals surface area contributed by atoms with Gasteiger partial charge in [0.15, 0.2) is 11.8 Å². The fourth-order valence-corrected chi connectivity index (χ4v) is 0.793. The monoisotopic (exact) mass is 169 g/mol. The van der Waals surface area contributed by atoms with Crippen LogP contribution in [0.3, 0.4) is 0 Å². The first-order valence-corrected chi connectivity index (χ1v) is 3.47. The van der Waals surface area contributed by atoms with E-state index in [4.69, 9.17) is 16.2 Å². The molecule has 6 nitrogen and oxygen atoms in total. The fraction of sp³-hybridized carbons (Fsp3) is 0.333. The van der Waals surface area contributed by atoms with Gasteiger partial charge in [0.25, 0.3) is 0 Å². The molecule has 1 aromatic heterocycles.